The van der Waals surface area contributed by atoms with Gasteiger partial charge in [0.05, 0.1) is 5.56 Å². The molecule has 0 nitrogen and oxygen atoms in total. The molecule has 18 heavy (non-hydrogen) atoms. The highest BCUT2D eigenvalue weighted by Gasteiger charge is 2.29. The van der Waals surface area contributed by atoms with E-state index in [4.69, 9.17) is 0 Å². The van der Waals surface area contributed by atoms with Crippen molar-refractivity contribution in [3.05, 3.63) is 41.8 Å². The molecule has 0 fully saturated rings. The lowest BCUT2D eigenvalue weighted by Gasteiger charge is -2.14. The number of halogens is 3. The van der Waals surface area contributed by atoms with Gasteiger partial charge >= 0.3 is 6.18 Å². The van der Waals surface area contributed by atoms with Crippen molar-refractivity contribution in [2.24, 2.45) is 5.41 Å². The standard InChI is InChI=1S/C15H16F3/c1-14(2,3)11-5-4-6-12-7-9-13(10-8-12)15(16,17)18/h5,7-10H,11H2,1-3H3. The van der Waals surface area contributed by atoms with Crippen molar-refractivity contribution in [1.82, 2.24) is 0 Å². The molecule has 0 heterocycles. The minimum absolute atomic E-state index is 0.175. The van der Waals surface area contributed by atoms with Crippen LogP contribution in [-0.2, 0) is 6.18 Å². The van der Waals surface area contributed by atoms with E-state index in [0.29, 0.717) is 5.56 Å². The molecule has 0 aliphatic rings. The van der Waals surface area contributed by atoms with E-state index in [0.717, 1.165) is 18.6 Å². The van der Waals surface area contributed by atoms with Crippen LogP contribution in [0.3, 0.4) is 0 Å². The Kier molecular flexibility index (Phi) is 4.45. The summed E-state index contributed by atoms with van der Waals surface area (Å²) in [6, 6.07) is 4.88. The fourth-order valence-electron chi connectivity index (χ4n) is 1.23. The van der Waals surface area contributed by atoms with E-state index >= 15 is 0 Å². The van der Waals surface area contributed by atoms with Gasteiger partial charge in [-0.2, -0.15) is 13.2 Å². The van der Waals surface area contributed by atoms with Crippen molar-refractivity contribution in [3.8, 4) is 11.8 Å². The number of alkyl halides is 3. The molecule has 0 spiro atoms. The van der Waals surface area contributed by atoms with Crippen LogP contribution in [0.15, 0.2) is 24.3 Å². The maximum absolute atomic E-state index is 12.3. The first-order valence-corrected chi connectivity index (χ1v) is 5.69. The Balaban J connectivity index is 2.62. The van der Waals surface area contributed by atoms with E-state index in [1.54, 1.807) is 0 Å². The van der Waals surface area contributed by atoms with E-state index in [-0.39, 0.29) is 5.41 Å². The van der Waals surface area contributed by atoms with Crippen molar-refractivity contribution in [2.75, 3.05) is 0 Å². The number of benzene rings is 1. The molecule has 0 amide bonds. The molecule has 1 aromatic carbocycles. The van der Waals surface area contributed by atoms with Gasteiger partial charge in [-0.05, 0) is 36.1 Å². The van der Waals surface area contributed by atoms with Crippen LogP contribution in [0, 0.1) is 23.7 Å². The van der Waals surface area contributed by atoms with E-state index in [1.807, 2.05) is 6.42 Å². The lowest BCUT2D eigenvalue weighted by atomic mass is 9.91. The molecule has 0 saturated carbocycles. The average molecular weight is 253 g/mol. The maximum atomic E-state index is 12.3. The SMILES string of the molecule is CC(C)(C)C[CH]C#Cc1ccc(C(F)(F)F)cc1. The average Bonchev–Trinajstić information content (AvgIpc) is 2.22. The molecule has 0 N–H and O–H groups in total. The first-order valence-electron chi connectivity index (χ1n) is 5.69. The van der Waals surface area contributed by atoms with Gasteiger partial charge in [0, 0.05) is 12.0 Å². The van der Waals surface area contributed by atoms with Gasteiger partial charge in [-0.25, -0.2) is 0 Å². The predicted molar refractivity (Wildman–Crippen MR) is 66.7 cm³/mol. The highest BCUT2D eigenvalue weighted by molar-refractivity contribution is 5.38. The van der Waals surface area contributed by atoms with E-state index in [2.05, 4.69) is 32.6 Å². The summed E-state index contributed by atoms with van der Waals surface area (Å²) in [5.41, 5.74) is 0.120. The van der Waals surface area contributed by atoms with Crippen molar-refractivity contribution in [3.63, 3.8) is 0 Å². The fraction of sp³-hybridized carbons (Fsp3) is 0.400. The van der Waals surface area contributed by atoms with Crippen LogP contribution >= 0.6 is 0 Å². The van der Waals surface area contributed by atoms with Gasteiger partial charge < -0.3 is 0 Å². The normalized spacial score (nSPS) is 11.9. The second-order valence-corrected chi connectivity index (χ2v) is 5.31. The van der Waals surface area contributed by atoms with Gasteiger partial charge in [-0.15, -0.1) is 0 Å². The van der Waals surface area contributed by atoms with Gasteiger partial charge in [-0.3, -0.25) is 0 Å². The molecular formula is C15H16F3. The molecular weight excluding hydrogens is 237 g/mol. The molecule has 0 atom stereocenters. The molecule has 1 aromatic rings. The molecule has 97 valence electrons. The number of hydrogen-bond donors (Lipinski definition) is 0. The smallest absolute Gasteiger partial charge is 0.166 e. The van der Waals surface area contributed by atoms with Gasteiger partial charge in [0.1, 0.15) is 0 Å². The van der Waals surface area contributed by atoms with Crippen LogP contribution < -0.4 is 0 Å². The summed E-state index contributed by atoms with van der Waals surface area (Å²) < 4.78 is 36.9. The van der Waals surface area contributed by atoms with Crippen molar-refractivity contribution >= 4 is 0 Å². The predicted octanol–water partition coefficient (Wildman–Crippen LogP) is 4.70. The molecule has 3 heteroatoms. The fourth-order valence-corrected chi connectivity index (χ4v) is 1.23. The molecule has 1 rings (SSSR count). The Morgan fingerprint density at radius 3 is 2.06 bits per heavy atom. The Morgan fingerprint density at radius 1 is 1.06 bits per heavy atom. The summed E-state index contributed by atoms with van der Waals surface area (Å²) in [6.45, 7) is 6.30. The van der Waals surface area contributed by atoms with Crippen molar-refractivity contribution in [1.29, 1.82) is 0 Å². The molecule has 0 unspecified atom stereocenters. The van der Waals surface area contributed by atoms with Gasteiger partial charge in [0.15, 0.2) is 0 Å². The molecule has 0 aromatic heterocycles. The quantitative estimate of drug-likeness (QED) is 0.636. The highest BCUT2D eigenvalue weighted by Crippen LogP contribution is 2.28. The van der Waals surface area contributed by atoms with Crippen molar-refractivity contribution in [2.45, 2.75) is 33.4 Å². The van der Waals surface area contributed by atoms with Crippen molar-refractivity contribution < 1.29 is 13.2 Å². The molecule has 0 aliphatic heterocycles. The second kappa shape index (κ2) is 5.48. The largest absolute Gasteiger partial charge is 0.416 e. The first kappa shape index (κ1) is 14.6. The van der Waals surface area contributed by atoms with Crippen LogP contribution in [-0.4, -0.2) is 0 Å². The van der Waals surface area contributed by atoms with Gasteiger partial charge in [-0.1, -0.05) is 32.6 Å². The summed E-state index contributed by atoms with van der Waals surface area (Å²) in [4.78, 5) is 0. The van der Waals surface area contributed by atoms with E-state index in [1.165, 1.54) is 12.1 Å². The Bertz CT molecular complexity index is 436. The minimum atomic E-state index is -4.29. The molecule has 0 aliphatic carbocycles. The third-order valence-electron chi connectivity index (χ3n) is 2.25. The zero-order valence-corrected chi connectivity index (χ0v) is 10.7. The second-order valence-electron chi connectivity index (χ2n) is 5.31. The lowest BCUT2D eigenvalue weighted by molar-refractivity contribution is -0.137. The van der Waals surface area contributed by atoms with Gasteiger partial charge in [0.2, 0.25) is 0 Å². The molecule has 0 saturated heterocycles. The summed E-state index contributed by atoms with van der Waals surface area (Å²) in [5.74, 6) is 5.68. The molecule has 1 radical (unpaired) electrons. The van der Waals surface area contributed by atoms with E-state index in [9.17, 15) is 13.2 Å². The topological polar surface area (TPSA) is 0 Å². The van der Waals surface area contributed by atoms with Crippen LogP contribution in [0.1, 0.15) is 38.3 Å². The maximum Gasteiger partial charge on any atom is 0.416 e. The third kappa shape index (κ3) is 5.27. The zero-order chi connectivity index (χ0) is 13.8. The zero-order valence-electron chi connectivity index (χ0n) is 10.7. The number of hydrogen-bond acceptors (Lipinski definition) is 0. The minimum Gasteiger partial charge on any atom is -0.166 e. The summed E-state index contributed by atoms with van der Waals surface area (Å²) in [6.07, 6.45) is -1.59. The van der Waals surface area contributed by atoms with Crippen LogP contribution in [0.4, 0.5) is 13.2 Å². The Hall–Kier alpha value is -1.43. The first-order chi connectivity index (χ1) is 8.18. The van der Waals surface area contributed by atoms with E-state index < -0.39 is 11.7 Å². The lowest BCUT2D eigenvalue weighted by Crippen LogP contribution is -2.04. The van der Waals surface area contributed by atoms with Crippen LogP contribution in [0.25, 0.3) is 0 Å². The monoisotopic (exact) mass is 253 g/mol. The third-order valence-corrected chi connectivity index (χ3v) is 2.25. The molecule has 0 bridgehead atoms. The van der Waals surface area contributed by atoms with Crippen LogP contribution in [0.5, 0.6) is 0 Å². The van der Waals surface area contributed by atoms with Gasteiger partial charge in [0.25, 0.3) is 0 Å². The number of rotatable bonds is 1. The summed E-state index contributed by atoms with van der Waals surface area (Å²) >= 11 is 0. The highest BCUT2D eigenvalue weighted by atomic mass is 19.4. The Morgan fingerprint density at radius 2 is 1.61 bits per heavy atom. The Labute approximate surface area is 106 Å². The summed E-state index contributed by atoms with van der Waals surface area (Å²) in [5, 5.41) is 0. The summed E-state index contributed by atoms with van der Waals surface area (Å²) in [7, 11) is 0. The van der Waals surface area contributed by atoms with Crippen LogP contribution in [0.2, 0.25) is 0 Å².